The highest BCUT2D eigenvalue weighted by atomic mass is 79.9. The molecule has 0 spiro atoms. The van der Waals surface area contributed by atoms with Crippen molar-refractivity contribution in [2.24, 2.45) is 0 Å². The van der Waals surface area contributed by atoms with E-state index in [4.69, 9.17) is 14.5 Å². The molecule has 2 heterocycles. The van der Waals surface area contributed by atoms with Crippen LogP contribution < -0.4 is 14.8 Å². The lowest BCUT2D eigenvalue weighted by Crippen LogP contribution is -2.24. The zero-order valence-corrected chi connectivity index (χ0v) is 20.9. The summed E-state index contributed by atoms with van der Waals surface area (Å²) < 4.78 is 13.5. The molecule has 0 atom stereocenters. The molecule has 2 aromatic carbocycles. The molecule has 0 saturated carbocycles. The van der Waals surface area contributed by atoms with E-state index in [1.807, 2.05) is 30.5 Å². The Bertz CT molecular complexity index is 1100. The number of benzene rings is 2. The predicted octanol–water partition coefficient (Wildman–Crippen LogP) is 6.77. The first-order chi connectivity index (χ1) is 14.3. The molecule has 4 rings (SSSR count). The van der Waals surface area contributed by atoms with E-state index in [-0.39, 0.29) is 11.4 Å². The van der Waals surface area contributed by atoms with Gasteiger partial charge < -0.3 is 19.9 Å². The Labute approximate surface area is 196 Å². The highest BCUT2D eigenvalue weighted by Crippen LogP contribution is 2.45. The summed E-state index contributed by atoms with van der Waals surface area (Å²) in [6, 6.07) is 7.84. The molecule has 0 unspecified atom stereocenters. The Morgan fingerprint density at radius 2 is 2.07 bits per heavy atom. The number of phenolic OH excluding ortho intramolecular Hbond substituents is 1. The van der Waals surface area contributed by atoms with Gasteiger partial charge in [0.15, 0.2) is 16.6 Å². The van der Waals surface area contributed by atoms with Gasteiger partial charge in [-0.1, -0.05) is 15.9 Å². The normalized spacial score (nSPS) is 14.3. The Morgan fingerprint density at radius 3 is 2.83 bits per heavy atom. The Morgan fingerprint density at radius 1 is 1.27 bits per heavy atom. The van der Waals surface area contributed by atoms with Crippen molar-refractivity contribution >= 4 is 48.3 Å². The van der Waals surface area contributed by atoms with E-state index in [0.29, 0.717) is 17.6 Å². The highest BCUT2D eigenvalue weighted by Gasteiger charge is 2.33. The summed E-state index contributed by atoms with van der Waals surface area (Å²) in [5.41, 5.74) is 3.59. The van der Waals surface area contributed by atoms with E-state index in [2.05, 4.69) is 57.1 Å². The van der Waals surface area contributed by atoms with Crippen LogP contribution in [0.5, 0.6) is 17.2 Å². The number of anilines is 1. The van der Waals surface area contributed by atoms with Crippen molar-refractivity contribution in [2.75, 3.05) is 11.9 Å². The summed E-state index contributed by atoms with van der Waals surface area (Å²) in [6.45, 7) is 7.19. The average molecular weight is 554 g/mol. The van der Waals surface area contributed by atoms with Crippen LogP contribution in [-0.4, -0.2) is 22.3 Å². The summed E-state index contributed by atoms with van der Waals surface area (Å²) in [5.74, 6) is 1.84. The summed E-state index contributed by atoms with van der Waals surface area (Å²) in [7, 11) is 0. The quantitative estimate of drug-likeness (QED) is 0.353. The van der Waals surface area contributed by atoms with Crippen LogP contribution in [0.1, 0.15) is 31.9 Å². The number of nitrogens with one attached hydrogen (secondary N) is 1. The minimum Gasteiger partial charge on any atom is -0.506 e. The van der Waals surface area contributed by atoms with Crippen LogP contribution in [0.25, 0.3) is 11.3 Å². The molecule has 1 aliphatic heterocycles. The monoisotopic (exact) mass is 552 g/mol. The van der Waals surface area contributed by atoms with E-state index in [9.17, 15) is 5.11 Å². The first-order valence-electron chi connectivity index (χ1n) is 9.61. The smallest absolute Gasteiger partial charge is 0.183 e. The van der Waals surface area contributed by atoms with E-state index in [1.54, 1.807) is 0 Å². The van der Waals surface area contributed by atoms with Crippen molar-refractivity contribution in [3.8, 4) is 28.5 Å². The minimum atomic E-state index is -0.234. The van der Waals surface area contributed by atoms with Gasteiger partial charge >= 0.3 is 0 Å². The fourth-order valence-corrected chi connectivity index (χ4v) is 5.53. The summed E-state index contributed by atoms with van der Waals surface area (Å²) in [4.78, 5) is 4.74. The van der Waals surface area contributed by atoms with E-state index < -0.39 is 0 Å². The second kappa shape index (κ2) is 8.40. The van der Waals surface area contributed by atoms with Crippen molar-refractivity contribution < 1.29 is 14.6 Å². The third-order valence-electron chi connectivity index (χ3n) is 4.76. The number of phenols is 1. The molecule has 30 heavy (non-hydrogen) atoms. The molecule has 2 N–H and O–H groups in total. The number of nitrogens with zero attached hydrogens (tertiary/aromatic N) is 1. The lowest BCUT2D eigenvalue weighted by atomic mass is 9.99. The van der Waals surface area contributed by atoms with Crippen molar-refractivity contribution in [3.05, 3.63) is 49.7 Å². The average Bonchev–Trinajstić information content (AvgIpc) is 3.26. The van der Waals surface area contributed by atoms with Gasteiger partial charge in [0.2, 0.25) is 0 Å². The zero-order valence-electron chi connectivity index (χ0n) is 16.9. The molecular formula is C22H22Br2N2O3S. The Kier molecular flexibility index (Phi) is 6.01. The van der Waals surface area contributed by atoms with Crippen molar-refractivity contribution in [1.29, 1.82) is 0 Å². The Hall–Kier alpha value is -1.77. The third kappa shape index (κ3) is 4.45. The lowest BCUT2D eigenvalue weighted by Gasteiger charge is -2.18. The number of aromatic hydroxyl groups is 1. The van der Waals surface area contributed by atoms with Gasteiger partial charge in [-0.15, -0.1) is 11.3 Å². The van der Waals surface area contributed by atoms with Crippen molar-refractivity contribution in [3.63, 3.8) is 0 Å². The standard InChI is InChI=1S/C22H22Br2N2O3S/c1-4-28-18-7-12(5-13-9-22(2,3)29-20(13)18)17-11-30-21(26-17)25-10-14-6-15(23)8-16(24)19(14)27/h5-8,11,27H,4,9-10H2,1-3H3,(H,25,26). The topological polar surface area (TPSA) is 63.6 Å². The van der Waals surface area contributed by atoms with Gasteiger partial charge in [0, 0.05) is 39.5 Å². The fraction of sp³-hybridized carbons (Fsp3) is 0.318. The molecule has 0 aliphatic carbocycles. The number of hydrogen-bond donors (Lipinski definition) is 2. The molecule has 0 bridgehead atoms. The molecule has 1 aromatic heterocycles. The highest BCUT2D eigenvalue weighted by molar-refractivity contribution is 9.11. The second-order valence-corrected chi connectivity index (χ2v) is 10.3. The van der Waals surface area contributed by atoms with Gasteiger partial charge in [-0.3, -0.25) is 0 Å². The number of hydrogen-bond acceptors (Lipinski definition) is 6. The largest absolute Gasteiger partial charge is 0.506 e. The van der Waals surface area contributed by atoms with Crippen LogP contribution in [0.3, 0.4) is 0 Å². The van der Waals surface area contributed by atoms with Gasteiger partial charge in [0.1, 0.15) is 11.4 Å². The molecule has 0 amide bonds. The predicted molar refractivity (Wildman–Crippen MR) is 128 cm³/mol. The van der Waals surface area contributed by atoms with Gasteiger partial charge in [0.25, 0.3) is 0 Å². The van der Waals surface area contributed by atoms with Gasteiger partial charge in [-0.25, -0.2) is 4.98 Å². The van der Waals surface area contributed by atoms with Crippen LogP contribution in [0.2, 0.25) is 0 Å². The summed E-state index contributed by atoms with van der Waals surface area (Å²) >= 11 is 8.35. The number of aromatic nitrogens is 1. The van der Waals surface area contributed by atoms with Crippen molar-refractivity contribution in [1.82, 2.24) is 4.98 Å². The maximum atomic E-state index is 10.2. The SMILES string of the molecule is CCOc1cc(-c2csc(NCc3cc(Br)cc(Br)c3O)n2)cc2c1OC(C)(C)C2. The molecule has 5 nitrogen and oxygen atoms in total. The number of ether oxygens (including phenoxy) is 2. The molecule has 0 radical (unpaired) electrons. The molecular weight excluding hydrogens is 532 g/mol. The molecule has 3 aromatic rings. The van der Waals surface area contributed by atoms with Gasteiger partial charge in [-0.05, 0) is 61.0 Å². The first-order valence-corrected chi connectivity index (χ1v) is 12.1. The van der Waals surface area contributed by atoms with Crippen LogP contribution in [-0.2, 0) is 13.0 Å². The molecule has 1 aliphatic rings. The number of thiazole rings is 1. The van der Waals surface area contributed by atoms with Crippen molar-refractivity contribution in [2.45, 2.75) is 39.3 Å². The van der Waals surface area contributed by atoms with Crippen LogP contribution >= 0.6 is 43.2 Å². The summed E-state index contributed by atoms with van der Waals surface area (Å²) in [5, 5.41) is 16.4. The van der Waals surface area contributed by atoms with Crippen LogP contribution in [0, 0.1) is 0 Å². The van der Waals surface area contributed by atoms with E-state index in [1.165, 1.54) is 11.3 Å². The second-order valence-electron chi connectivity index (χ2n) is 7.72. The molecule has 158 valence electrons. The number of fused-ring (bicyclic) bond motifs is 1. The fourth-order valence-electron chi connectivity index (χ4n) is 3.50. The lowest BCUT2D eigenvalue weighted by molar-refractivity contribution is 0.132. The van der Waals surface area contributed by atoms with Gasteiger partial charge in [0.05, 0.1) is 16.8 Å². The zero-order chi connectivity index (χ0) is 21.5. The minimum absolute atomic E-state index is 0.227. The summed E-state index contributed by atoms with van der Waals surface area (Å²) in [6.07, 6.45) is 0.836. The third-order valence-corrected chi connectivity index (χ3v) is 6.63. The molecule has 8 heteroatoms. The van der Waals surface area contributed by atoms with Gasteiger partial charge in [-0.2, -0.15) is 0 Å². The molecule has 0 saturated heterocycles. The van der Waals surface area contributed by atoms with E-state index >= 15 is 0 Å². The Balaban J connectivity index is 1.57. The van der Waals surface area contributed by atoms with Crippen LogP contribution in [0.4, 0.5) is 5.13 Å². The maximum Gasteiger partial charge on any atom is 0.183 e. The molecule has 0 fully saturated rings. The van der Waals surface area contributed by atoms with E-state index in [0.717, 1.165) is 49.9 Å². The van der Waals surface area contributed by atoms with Crippen LogP contribution in [0.15, 0.2) is 38.6 Å². The maximum absolute atomic E-state index is 10.2. The number of halogens is 2. The number of rotatable bonds is 6. The first kappa shape index (κ1) is 21.5.